The zero-order valence-electron chi connectivity index (χ0n) is 11.7. The van der Waals surface area contributed by atoms with Crippen LogP contribution in [0.5, 0.6) is 0 Å². The summed E-state index contributed by atoms with van der Waals surface area (Å²) in [6.45, 7) is 3.46. The monoisotopic (exact) mass is 259 g/mol. The molecule has 1 aromatic carbocycles. The summed E-state index contributed by atoms with van der Waals surface area (Å²) in [6, 6.07) is 10.7. The molecule has 0 unspecified atom stereocenters. The lowest BCUT2D eigenvalue weighted by atomic mass is 9.76. The number of benzene rings is 1. The summed E-state index contributed by atoms with van der Waals surface area (Å²) >= 11 is 0. The number of hydrogen-bond acceptors (Lipinski definition) is 2. The molecule has 104 valence electrons. The third kappa shape index (κ3) is 2.85. The number of likely N-dealkylation sites (tertiary alicyclic amines) is 1. The Morgan fingerprint density at radius 3 is 2.68 bits per heavy atom. The second-order valence-corrected chi connectivity index (χ2v) is 6.39. The fourth-order valence-corrected chi connectivity index (χ4v) is 3.98. The van der Waals surface area contributed by atoms with E-state index in [0.717, 1.165) is 25.9 Å². The number of aliphatic hydroxyl groups excluding tert-OH is 1. The van der Waals surface area contributed by atoms with E-state index in [2.05, 4.69) is 35.2 Å². The molecule has 1 aromatic rings. The van der Waals surface area contributed by atoms with E-state index in [9.17, 15) is 5.11 Å². The molecule has 2 aliphatic rings. The van der Waals surface area contributed by atoms with Crippen molar-refractivity contribution in [3.63, 3.8) is 0 Å². The smallest absolute Gasteiger partial charge is 0.0608 e. The lowest BCUT2D eigenvalue weighted by Gasteiger charge is -2.42. The molecular formula is C17H25NO. The maximum Gasteiger partial charge on any atom is 0.0608 e. The Bertz CT molecular complexity index is 405. The van der Waals surface area contributed by atoms with Crippen LogP contribution in [0, 0.1) is 5.41 Å². The second kappa shape index (κ2) is 5.64. The van der Waals surface area contributed by atoms with Crippen molar-refractivity contribution < 1.29 is 5.11 Å². The molecule has 2 nitrogen and oxygen atoms in total. The molecule has 2 fully saturated rings. The van der Waals surface area contributed by atoms with Crippen LogP contribution in [0.25, 0.3) is 0 Å². The van der Waals surface area contributed by atoms with Crippen LogP contribution in [0.2, 0.25) is 0 Å². The largest absolute Gasteiger partial charge is 0.393 e. The molecule has 1 spiro atoms. The number of piperidine rings is 1. The predicted octanol–water partition coefficient (Wildman–Crippen LogP) is 2.86. The third-order valence-corrected chi connectivity index (χ3v) is 5.11. The Labute approximate surface area is 116 Å². The SMILES string of the molecule is O[C@@H]1CCC[C@]12CCCN(CCc1ccccc1)C2. The Morgan fingerprint density at radius 1 is 1.16 bits per heavy atom. The van der Waals surface area contributed by atoms with Gasteiger partial charge in [-0.25, -0.2) is 0 Å². The summed E-state index contributed by atoms with van der Waals surface area (Å²) in [7, 11) is 0. The summed E-state index contributed by atoms with van der Waals surface area (Å²) in [5.41, 5.74) is 1.66. The van der Waals surface area contributed by atoms with Crippen molar-refractivity contribution in [3.8, 4) is 0 Å². The van der Waals surface area contributed by atoms with Gasteiger partial charge in [0.15, 0.2) is 0 Å². The highest BCUT2D eigenvalue weighted by Crippen LogP contribution is 2.44. The van der Waals surface area contributed by atoms with Gasteiger partial charge in [0.25, 0.3) is 0 Å². The highest BCUT2D eigenvalue weighted by atomic mass is 16.3. The van der Waals surface area contributed by atoms with Crippen molar-refractivity contribution in [1.29, 1.82) is 0 Å². The normalized spacial score (nSPS) is 31.9. The van der Waals surface area contributed by atoms with Crippen LogP contribution in [0.1, 0.15) is 37.7 Å². The molecule has 1 aliphatic heterocycles. The van der Waals surface area contributed by atoms with Gasteiger partial charge in [-0.1, -0.05) is 36.8 Å². The molecule has 1 saturated heterocycles. The van der Waals surface area contributed by atoms with Crippen LogP contribution in [0.4, 0.5) is 0 Å². The third-order valence-electron chi connectivity index (χ3n) is 5.11. The average molecular weight is 259 g/mol. The maximum absolute atomic E-state index is 10.3. The lowest BCUT2D eigenvalue weighted by Crippen LogP contribution is -2.47. The first-order valence-electron chi connectivity index (χ1n) is 7.73. The molecule has 19 heavy (non-hydrogen) atoms. The van der Waals surface area contributed by atoms with E-state index in [1.54, 1.807) is 0 Å². The summed E-state index contributed by atoms with van der Waals surface area (Å²) in [4.78, 5) is 2.57. The van der Waals surface area contributed by atoms with Crippen molar-refractivity contribution in [2.75, 3.05) is 19.6 Å². The lowest BCUT2D eigenvalue weighted by molar-refractivity contribution is -0.00906. The fraction of sp³-hybridized carbons (Fsp3) is 0.647. The standard InChI is InChI=1S/C17H25NO/c19-16-8-4-10-17(16)11-5-12-18(14-17)13-9-15-6-2-1-3-7-15/h1-3,6-7,16,19H,4-5,8-14H2/t16-,17-/m1/s1. The first-order chi connectivity index (χ1) is 9.28. The summed E-state index contributed by atoms with van der Waals surface area (Å²) < 4.78 is 0. The highest BCUT2D eigenvalue weighted by molar-refractivity contribution is 5.15. The number of nitrogens with zero attached hydrogens (tertiary/aromatic N) is 1. The van der Waals surface area contributed by atoms with Gasteiger partial charge in [-0.3, -0.25) is 0 Å². The Kier molecular flexibility index (Phi) is 3.90. The minimum atomic E-state index is -0.0491. The fourth-order valence-electron chi connectivity index (χ4n) is 3.98. The predicted molar refractivity (Wildman–Crippen MR) is 78.1 cm³/mol. The first-order valence-corrected chi connectivity index (χ1v) is 7.73. The zero-order chi connectivity index (χ0) is 13.1. The van der Waals surface area contributed by atoms with E-state index >= 15 is 0 Å². The van der Waals surface area contributed by atoms with Gasteiger partial charge in [0, 0.05) is 18.5 Å². The van der Waals surface area contributed by atoms with E-state index in [-0.39, 0.29) is 11.5 Å². The Hall–Kier alpha value is -0.860. The first kappa shape index (κ1) is 13.1. The van der Waals surface area contributed by atoms with Gasteiger partial charge in [0.05, 0.1) is 6.10 Å². The molecule has 0 bridgehead atoms. The van der Waals surface area contributed by atoms with Gasteiger partial charge in [-0.15, -0.1) is 0 Å². The number of hydrogen-bond donors (Lipinski definition) is 1. The van der Waals surface area contributed by atoms with Crippen molar-refractivity contribution in [2.45, 2.75) is 44.6 Å². The summed E-state index contributed by atoms with van der Waals surface area (Å²) in [6.07, 6.45) is 7.04. The molecule has 2 atom stereocenters. The number of aliphatic hydroxyl groups is 1. The molecule has 1 saturated carbocycles. The van der Waals surface area contributed by atoms with Crippen LogP contribution in [-0.2, 0) is 6.42 Å². The van der Waals surface area contributed by atoms with E-state index in [4.69, 9.17) is 0 Å². The van der Waals surface area contributed by atoms with Crippen LogP contribution in [0.3, 0.4) is 0 Å². The minimum absolute atomic E-state index is 0.0491. The minimum Gasteiger partial charge on any atom is -0.393 e. The van der Waals surface area contributed by atoms with Gasteiger partial charge in [0.1, 0.15) is 0 Å². The van der Waals surface area contributed by atoms with Crippen molar-refractivity contribution in [3.05, 3.63) is 35.9 Å². The Morgan fingerprint density at radius 2 is 1.95 bits per heavy atom. The maximum atomic E-state index is 10.3. The van der Waals surface area contributed by atoms with Gasteiger partial charge in [0.2, 0.25) is 0 Å². The van der Waals surface area contributed by atoms with Gasteiger partial charge >= 0.3 is 0 Å². The molecule has 0 radical (unpaired) electrons. The molecule has 1 heterocycles. The van der Waals surface area contributed by atoms with Crippen LogP contribution in [0.15, 0.2) is 30.3 Å². The quantitative estimate of drug-likeness (QED) is 0.902. The molecule has 3 rings (SSSR count). The van der Waals surface area contributed by atoms with Crippen LogP contribution in [-0.4, -0.2) is 35.7 Å². The second-order valence-electron chi connectivity index (χ2n) is 6.39. The molecular weight excluding hydrogens is 234 g/mol. The van der Waals surface area contributed by atoms with E-state index in [1.807, 2.05) is 0 Å². The molecule has 0 aromatic heterocycles. The molecule has 0 amide bonds. The van der Waals surface area contributed by atoms with E-state index in [0.29, 0.717) is 0 Å². The van der Waals surface area contributed by atoms with Crippen molar-refractivity contribution >= 4 is 0 Å². The highest BCUT2D eigenvalue weighted by Gasteiger charge is 2.44. The van der Waals surface area contributed by atoms with E-state index in [1.165, 1.54) is 37.8 Å². The molecule has 1 N–H and O–H groups in total. The van der Waals surface area contributed by atoms with Crippen molar-refractivity contribution in [1.82, 2.24) is 4.90 Å². The molecule has 2 heteroatoms. The van der Waals surface area contributed by atoms with Crippen LogP contribution >= 0.6 is 0 Å². The average Bonchev–Trinajstić information content (AvgIpc) is 2.79. The van der Waals surface area contributed by atoms with Gasteiger partial charge in [-0.2, -0.15) is 0 Å². The van der Waals surface area contributed by atoms with E-state index < -0.39 is 0 Å². The topological polar surface area (TPSA) is 23.5 Å². The molecule has 1 aliphatic carbocycles. The van der Waals surface area contributed by atoms with Gasteiger partial charge in [-0.05, 0) is 44.2 Å². The summed E-state index contributed by atoms with van der Waals surface area (Å²) in [5.74, 6) is 0. The summed E-state index contributed by atoms with van der Waals surface area (Å²) in [5, 5.41) is 10.3. The number of rotatable bonds is 3. The van der Waals surface area contributed by atoms with Gasteiger partial charge < -0.3 is 10.0 Å². The zero-order valence-corrected chi connectivity index (χ0v) is 11.7. The van der Waals surface area contributed by atoms with Crippen molar-refractivity contribution in [2.24, 2.45) is 5.41 Å². The Balaban J connectivity index is 1.57. The van der Waals surface area contributed by atoms with Crippen LogP contribution < -0.4 is 0 Å².